The smallest absolute Gasteiger partial charge is 0.236 e. The van der Waals surface area contributed by atoms with Crippen molar-refractivity contribution in [3.63, 3.8) is 0 Å². The number of rotatable bonds is 8. The van der Waals surface area contributed by atoms with Gasteiger partial charge in [-0.2, -0.15) is 0 Å². The second kappa shape index (κ2) is 8.42. The van der Waals surface area contributed by atoms with Crippen molar-refractivity contribution in [3.05, 3.63) is 30.1 Å². The Morgan fingerprint density at radius 2 is 2.00 bits per heavy atom. The Balaban J connectivity index is 1.79. The molecule has 1 amide bonds. The number of thioether (sulfide) groups is 1. The average molecular weight is 306 g/mol. The second-order valence-electron chi connectivity index (χ2n) is 5.77. The maximum atomic E-state index is 12.3. The lowest BCUT2D eigenvalue weighted by Gasteiger charge is -2.18. The van der Waals surface area contributed by atoms with Gasteiger partial charge in [0.2, 0.25) is 5.91 Å². The van der Waals surface area contributed by atoms with Crippen LogP contribution >= 0.6 is 11.8 Å². The molecule has 1 aromatic heterocycles. The van der Waals surface area contributed by atoms with Gasteiger partial charge in [-0.15, -0.1) is 11.8 Å². The van der Waals surface area contributed by atoms with Gasteiger partial charge in [0.1, 0.15) is 5.37 Å². The number of carbonyl (C=O) groups is 1. The van der Waals surface area contributed by atoms with Crippen LogP contribution in [0.25, 0.3) is 0 Å². The molecule has 0 bridgehead atoms. The first kappa shape index (κ1) is 16.3. The van der Waals surface area contributed by atoms with Crippen molar-refractivity contribution in [3.8, 4) is 0 Å². The molecule has 1 aliphatic heterocycles. The number of amides is 1. The van der Waals surface area contributed by atoms with Gasteiger partial charge in [0.15, 0.2) is 0 Å². The Labute approximate surface area is 132 Å². The van der Waals surface area contributed by atoms with Crippen LogP contribution in [-0.2, 0) is 4.79 Å². The zero-order valence-electron chi connectivity index (χ0n) is 13.1. The topological polar surface area (TPSA) is 33.2 Å². The molecular weight excluding hydrogens is 280 g/mol. The van der Waals surface area contributed by atoms with Gasteiger partial charge in [0.25, 0.3) is 0 Å². The highest BCUT2D eigenvalue weighted by atomic mass is 32.2. The molecule has 116 valence electrons. The van der Waals surface area contributed by atoms with Crippen LogP contribution < -0.4 is 0 Å². The van der Waals surface area contributed by atoms with Gasteiger partial charge in [0, 0.05) is 25.0 Å². The Bertz CT molecular complexity index is 438. The van der Waals surface area contributed by atoms with E-state index >= 15 is 0 Å². The molecule has 2 rings (SSSR count). The largest absolute Gasteiger partial charge is 0.329 e. The molecule has 4 heteroatoms. The first-order chi connectivity index (χ1) is 10.2. The Kier molecular flexibility index (Phi) is 6.55. The van der Waals surface area contributed by atoms with E-state index in [2.05, 4.69) is 18.0 Å². The quantitative estimate of drug-likeness (QED) is 0.667. The summed E-state index contributed by atoms with van der Waals surface area (Å²) in [6.07, 6.45) is 12.3. The molecule has 1 aromatic rings. The predicted octanol–water partition coefficient (Wildman–Crippen LogP) is 4.40. The van der Waals surface area contributed by atoms with Gasteiger partial charge in [-0.25, -0.2) is 0 Å². The molecule has 21 heavy (non-hydrogen) atoms. The van der Waals surface area contributed by atoms with Crippen LogP contribution in [0.3, 0.4) is 0 Å². The van der Waals surface area contributed by atoms with Crippen LogP contribution in [0.1, 0.15) is 62.8 Å². The number of nitrogens with zero attached hydrogens (tertiary/aromatic N) is 2. The van der Waals surface area contributed by atoms with Crippen molar-refractivity contribution in [2.24, 2.45) is 0 Å². The normalized spacial score (nSPS) is 22.0. The van der Waals surface area contributed by atoms with Gasteiger partial charge < -0.3 is 4.90 Å². The maximum Gasteiger partial charge on any atom is 0.236 e. The maximum absolute atomic E-state index is 12.3. The number of hydrogen-bond acceptors (Lipinski definition) is 3. The molecule has 0 aliphatic carbocycles. The van der Waals surface area contributed by atoms with Gasteiger partial charge in [-0.1, -0.05) is 51.5 Å². The van der Waals surface area contributed by atoms with Crippen molar-refractivity contribution in [2.45, 2.75) is 62.5 Å². The lowest BCUT2D eigenvalue weighted by atomic mass is 10.1. The van der Waals surface area contributed by atoms with E-state index in [1.807, 2.05) is 24.2 Å². The van der Waals surface area contributed by atoms with Gasteiger partial charge in [0.05, 0.1) is 5.25 Å². The Morgan fingerprint density at radius 3 is 2.71 bits per heavy atom. The minimum absolute atomic E-state index is 0.131. The van der Waals surface area contributed by atoms with E-state index in [0.717, 1.165) is 12.0 Å². The van der Waals surface area contributed by atoms with Crippen molar-refractivity contribution in [1.29, 1.82) is 0 Å². The summed E-state index contributed by atoms with van der Waals surface area (Å²) in [6.45, 7) is 2.24. The summed E-state index contributed by atoms with van der Waals surface area (Å²) in [5.74, 6) is 0.280. The molecule has 2 atom stereocenters. The fourth-order valence-electron chi connectivity index (χ4n) is 2.77. The summed E-state index contributed by atoms with van der Waals surface area (Å²) in [6, 6.07) is 4.00. The molecule has 1 fully saturated rings. The molecule has 2 heterocycles. The highest BCUT2D eigenvalue weighted by molar-refractivity contribution is 8.01. The van der Waals surface area contributed by atoms with Crippen LogP contribution in [0.2, 0.25) is 0 Å². The van der Waals surface area contributed by atoms with Crippen molar-refractivity contribution in [2.75, 3.05) is 7.05 Å². The van der Waals surface area contributed by atoms with E-state index in [4.69, 9.17) is 0 Å². The third kappa shape index (κ3) is 4.47. The fraction of sp³-hybridized carbons (Fsp3) is 0.647. The van der Waals surface area contributed by atoms with Gasteiger partial charge in [-0.05, 0) is 12.5 Å². The first-order valence-electron chi connectivity index (χ1n) is 8.06. The van der Waals surface area contributed by atoms with E-state index in [-0.39, 0.29) is 16.5 Å². The second-order valence-corrected chi connectivity index (χ2v) is 7.06. The van der Waals surface area contributed by atoms with Crippen molar-refractivity contribution in [1.82, 2.24) is 9.88 Å². The molecule has 0 saturated carbocycles. The first-order valence-corrected chi connectivity index (χ1v) is 9.00. The molecule has 0 unspecified atom stereocenters. The SMILES string of the molecule is CCCCCCCC[C@H]1S[C@H](c2cccnc2)N(C)C1=O. The molecule has 3 nitrogen and oxygen atoms in total. The van der Waals surface area contributed by atoms with E-state index in [9.17, 15) is 4.79 Å². The lowest BCUT2D eigenvalue weighted by Crippen LogP contribution is -2.27. The summed E-state index contributed by atoms with van der Waals surface area (Å²) in [5, 5.41) is 0.266. The number of pyridine rings is 1. The molecule has 1 aliphatic rings. The number of carbonyl (C=O) groups excluding carboxylic acids is 1. The summed E-state index contributed by atoms with van der Waals surface area (Å²) >= 11 is 1.78. The van der Waals surface area contributed by atoms with Gasteiger partial charge >= 0.3 is 0 Å². The zero-order chi connectivity index (χ0) is 15.1. The standard InChI is InChI=1S/C17H26N2OS/c1-3-4-5-6-7-8-11-15-16(20)19(2)17(21-15)14-10-9-12-18-13-14/h9-10,12-13,15,17H,3-8,11H2,1-2H3/t15-,17-/m1/s1. The van der Waals surface area contributed by atoms with E-state index in [1.54, 1.807) is 18.0 Å². The third-order valence-corrected chi connectivity index (χ3v) is 5.67. The van der Waals surface area contributed by atoms with Crippen LogP contribution in [0, 0.1) is 0 Å². The molecule has 0 aromatic carbocycles. The number of aromatic nitrogens is 1. The van der Waals surface area contributed by atoms with Crippen molar-refractivity contribution >= 4 is 17.7 Å². The minimum Gasteiger partial charge on any atom is -0.329 e. The van der Waals surface area contributed by atoms with Gasteiger partial charge in [-0.3, -0.25) is 9.78 Å². The van der Waals surface area contributed by atoms with Crippen LogP contribution in [0.15, 0.2) is 24.5 Å². The molecule has 0 radical (unpaired) electrons. The summed E-state index contributed by atoms with van der Waals surface area (Å²) in [5.41, 5.74) is 1.13. The summed E-state index contributed by atoms with van der Waals surface area (Å²) < 4.78 is 0. The zero-order valence-corrected chi connectivity index (χ0v) is 13.9. The molecular formula is C17H26N2OS. The Morgan fingerprint density at radius 1 is 1.24 bits per heavy atom. The molecule has 0 N–H and O–H groups in total. The highest BCUT2D eigenvalue weighted by Gasteiger charge is 2.38. The van der Waals surface area contributed by atoms with E-state index in [1.165, 1.54) is 38.5 Å². The summed E-state index contributed by atoms with van der Waals surface area (Å²) in [7, 11) is 1.91. The lowest BCUT2D eigenvalue weighted by molar-refractivity contribution is -0.128. The highest BCUT2D eigenvalue weighted by Crippen LogP contribution is 2.43. The number of unbranched alkanes of at least 4 members (excludes halogenated alkanes) is 5. The Hall–Kier alpha value is -1.03. The monoisotopic (exact) mass is 306 g/mol. The molecule has 0 spiro atoms. The number of hydrogen-bond donors (Lipinski definition) is 0. The summed E-state index contributed by atoms with van der Waals surface area (Å²) in [4.78, 5) is 18.4. The average Bonchev–Trinajstić information content (AvgIpc) is 2.80. The fourth-order valence-corrected chi connectivity index (χ4v) is 4.25. The minimum atomic E-state index is 0.131. The van der Waals surface area contributed by atoms with Crippen LogP contribution in [0.4, 0.5) is 0 Å². The van der Waals surface area contributed by atoms with E-state index < -0.39 is 0 Å². The van der Waals surface area contributed by atoms with E-state index in [0.29, 0.717) is 0 Å². The van der Waals surface area contributed by atoms with Crippen molar-refractivity contribution < 1.29 is 4.79 Å². The van der Waals surface area contributed by atoms with Crippen LogP contribution in [-0.4, -0.2) is 28.1 Å². The molecule has 1 saturated heterocycles. The van der Waals surface area contributed by atoms with Crippen LogP contribution in [0.5, 0.6) is 0 Å². The third-order valence-electron chi connectivity index (χ3n) is 4.06. The predicted molar refractivity (Wildman–Crippen MR) is 89.1 cm³/mol.